The molecular weight excluding hydrogens is 394 g/mol. The van der Waals surface area contributed by atoms with Gasteiger partial charge in [-0.25, -0.2) is 0 Å². The van der Waals surface area contributed by atoms with Crippen LogP contribution >= 0.6 is 0 Å². The van der Waals surface area contributed by atoms with Gasteiger partial charge in [-0.3, -0.25) is 24.1 Å². The van der Waals surface area contributed by atoms with Crippen LogP contribution in [0.5, 0.6) is 0 Å². The van der Waals surface area contributed by atoms with Gasteiger partial charge in [-0.2, -0.15) is 0 Å². The second-order valence-corrected chi connectivity index (χ2v) is 8.35. The molecule has 5 rings (SSSR count). The lowest BCUT2D eigenvalue weighted by Gasteiger charge is -2.21. The zero-order valence-electron chi connectivity index (χ0n) is 17.1. The quantitative estimate of drug-likeness (QED) is 0.775. The van der Waals surface area contributed by atoms with E-state index >= 15 is 0 Å². The van der Waals surface area contributed by atoms with Crippen molar-refractivity contribution >= 4 is 35.0 Å². The number of imide groups is 1. The zero-order chi connectivity index (χ0) is 21.5. The summed E-state index contributed by atoms with van der Waals surface area (Å²) in [7, 11) is 0. The second kappa shape index (κ2) is 7.65. The summed E-state index contributed by atoms with van der Waals surface area (Å²) in [6, 6.07) is 12.1. The highest BCUT2D eigenvalue weighted by atomic mass is 16.2. The average molecular weight is 417 g/mol. The predicted molar refractivity (Wildman–Crippen MR) is 115 cm³/mol. The lowest BCUT2D eigenvalue weighted by molar-refractivity contribution is -0.122. The van der Waals surface area contributed by atoms with Crippen LogP contribution in [0.1, 0.15) is 52.0 Å². The highest BCUT2D eigenvalue weighted by Gasteiger charge is 2.36. The number of hydrogen-bond acceptors (Lipinski definition) is 4. The van der Waals surface area contributed by atoms with Crippen LogP contribution in [0, 0.1) is 5.92 Å². The van der Waals surface area contributed by atoms with E-state index in [1.807, 2.05) is 17.0 Å². The number of anilines is 2. The van der Waals surface area contributed by atoms with Crippen molar-refractivity contribution in [3.63, 3.8) is 0 Å². The van der Waals surface area contributed by atoms with Gasteiger partial charge in [0.05, 0.1) is 11.1 Å². The Morgan fingerprint density at radius 2 is 1.65 bits per heavy atom. The molecule has 2 aromatic carbocycles. The summed E-state index contributed by atoms with van der Waals surface area (Å²) in [4.78, 5) is 53.1. The molecule has 31 heavy (non-hydrogen) atoms. The molecule has 1 aliphatic carbocycles. The van der Waals surface area contributed by atoms with E-state index in [0.717, 1.165) is 48.3 Å². The van der Waals surface area contributed by atoms with Gasteiger partial charge in [0.25, 0.3) is 11.8 Å². The second-order valence-electron chi connectivity index (χ2n) is 8.35. The molecule has 158 valence electrons. The van der Waals surface area contributed by atoms with Gasteiger partial charge in [0.1, 0.15) is 6.54 Å². The van der Waals surface area contributed by atoms with Crippen LogP contribution < -0.4 is 10.2 Å². The monoisotopic (exact) mass is 417 g/mol. The summed E-state index contributed by atoms with van der Waals surface area (Å²) in [5, 5.41) is 2.78. The van der Waals surface area contributed by atoms with Crippen molar-refractivity contribution in [2.45, 2.75) is 32.1 Å². The molecule has 0 atom stereocenters. The van der Waals surface area contributed by atoms with Crippen LogP contribution in [-0.2, 0) is 16.0 Å². The zero-order valence-corrected chi connectivity index (χ0v) is 17.1. The van der Waals surface area contributed by atoms with Gasteiger partial charge in [-0.1, -0.05) is 25.0 Å². The molecule has 7 nitrogen and oxygen atoms in total. The first-order chi connectivity index (χ1) is 15.0. The van der Waals surface area contributed by atoms with Crippen molar-refractivity contribution < 1.29 is 19.2 Å². The summed E-state index contributed by atoms with van der Waals surface area (Å²) in [6.45, 7) is 0.326. The minimum absolute atomic E-state index is 0.130. The smallest absolute Gasteiger partial charge is 0.262 e. The molecule has 0 aromatic heterocycles. The number of hydrogen-bond donors (Lipinski definition) is 1. The summed E-state index contributed by atoms with van der Waals surface area (Å²) in [6.07, 6.45) is 4.92. The maximum atomic E-state index is 12.8. The summed E-state index contributed by atoms with van der Waals surface area (Å²) >= 11 is 0. The summed E-state index contributed by atoms with van der Waals surface area (Å²) < 4.78 is 0. The van der Waals surface area contributed by atoms with E-state index in [1.54, 1.807) is 30.3 Å². The molecule has 0 unspecified atom stereocenters. The molecule has 2 heterocycles. The molecule has 0 spiro atoms. The molecular formula is C24H23N3O4. The Bertz CT molecular complexity index is 1070. The van der Waals surface area contributed by atoms with Gasteiger partial charge < -0.3 is 10.2 Å². The predicted octanol–water partition coefficient (Wildman–Crippen LogP) is 3.00. The fraction of sp³-hybridized carbons (Fsp3) is 0.333. The number of amides is 4. The van der Waals surface area contributed by atoms with E-state index < -0.39 is 17.7 Å². The summed E-state index contributed by atoms with van der Waals surface area (Å²) in [5.41, 5.74) is 3.17. The minimum Gasteiger partial charge on any atom is -0.325 e. The average Bonchev–Trinajstić information content (AvgIpc) is 3.50. The first-order valence-corrected chi connectivity index (χ1v) is 10.7. The van der Waals surface area contributed by atoms with Crippen LogP contribution in [0.25, 0.3) is 0 Å². The molecule has 7 heteroatoms. The van der Waals surface area contributed by atoms with Crippen molar-refractivity contribution in [2.75, 3.05) is 23.3 Å². The van der Waals surface area contributed by atoms with Crippen molar-refractivity contribution in [3.8, 4) is 0 Å². The van der Waals surface area contributed by atoms with Crippen molar-refractivity contribution in [1.82, 2.24) is 4.90 Å². The number of benzene rings is 2. The molecule has 1 N–H and O–H groups in total. The lowest BCUT2D eigenvalue weighted by Crippen LogP contribution is -2.37. The van der Waals surface area contributed by atoms with Gasteiger partial charge in [0, 0.05) is 23.8 Å². The molecule has 2 aromatic rings. The fourth-order valence-electron chi connectivity index (χ4n) is 4.83. The Kier molecular flexibility index (Phi) is 4.81. The Morgan fingerprint density at radius 3 is 2.32 bits per heavy atom. The topological polar surface area (TPSA) is 86.8 Å². The summed E-state index contributed by atoms with van der Waals surface area (Å²) in [5.74, 6) is -1.01. The number of nitrogens with one attached hydrogen (secondary N) is 1. The molecule has 0 radical (unpaired) electrons. The number of carbonyl (C=O) groups is 4. The lowest BCUT2D eigenvalue weighted by atomic mass is 10.1. The molecule has 0 bridgehead atoms. The van der Waals surface area contributed by atoms with Crippen LogP contribution in [0.15, 0.2) is 42.5 Å². The number of fused-ring (bicyclic) bond motifs is 2. The first kappa shape index (κ1) is 19.5. The van der Waals surface area contributed by atoms with E-state index in [9.17, 15) is 19.2 Å². The standard InChI is InChI=1S/C24H23N3O4/c28-21(14-27-23(30)18-7-3-4-8-19(18)24(27)31)25-17-9-10-20-16(13-17)11-12-26(20)22(29)15-5-1-2-6-15/h3-4,7-10,13,15H,1-2,5-6,11-12,14H2,(H,25,28). The molecule has 1 saturated carbocycles. The molecule has 4 amide bonds. The van der Waals surface area contributed by atoms with Gasteiger partial charge >= 0.3 is 0 Å². The van der Waals surface area contributed by atoms with Crippen molar-refractivity contribution in [1.29, 1.82) is 0 Å². The van der Waals surface area contributed by atoms with E-state index in [0.29, 0.717) is 23.4 Å². The van der Waals surface area contributed by atoms with Crippen molar-refractivity contribution in [2.24, 2.45) is 5.92 Å². The van der Waals surface area contributed by atoms with Gasteiger partial charge in [-0.15, -0.1) is 0 Å². The first-order valence-electron chi connectivity index (χ1n) is 10.7. The van der Waals surface area contributed by atoms with Gasteiger partial charge in [0.2, 0.25) is 11.8 Å². The number of rotatable bonds is 4. The van der Waals surface area contributed by atoms with Gasteiger partial charge in [0.15, 0.2) is 0 Å². The van der Waals surface area contributed by atoms with E-state index in [4.69, 9.17) is 0 Å². The van der Waals surface area contributed by atoms with E-state index in [2.05, 4.69) is 5.32 Å². The van der Waals surface area contributed by atoms with E-state index in [1.165, 1.54) is 0 Å². The third-order valence-electron chi connectivity index (χ3n) is 6.41. The molecule has 3 aliphatic rings. The number of nitrogens with zero attached hydrogens (tertiary/aromatic N) is 2. The minimum atomic E-state index is -0.453. The normalized spacial score (nSPS) is 17.8. The Balaban J connectivity index is 1.25. The Hall–Kier alpha value is -3.48. The third-order valence-corrected chi connectivity index (χ3v) is 6.41. The van der Waals surface area contributed by atoms with Crippen molar-refractivity contribution in [3.05, 3.63) is 59.2 Å². The maximum Gasteiger partial charge on any atom is 0.262 e. The van der Waals surface area contributed by atoms with Crippen LogP contribution in [-0.4, -0.2) is 41.6 Å². The Labute approximate surface area is 180 Å². The largest absolute Gasteiger partial charge is 0.325 e. The third kappa shape index (κ3) is 3.40. The number of carbonyl (C=O) groups excluding carboxylic acids is 4. The fourth-order valence-corrected chi connectivity index (χ4v) is 4.83. The van der Waals surface area contributed by atoms with Gasteiger partial charge in [-0.05, 0) is 55.2 Å². The highest BCUT2D eigenvalue weighted by Crippen LogP contribution is 2.35. The van der Waals surface area contributed by atoms with Crippen LogP contribution in [0.3, 0.4) is 0 Å². The van der Waals surface area contributed by atoms with Crippen LogP contribution in [0.4, 0.5) is 11.4 Å². The SMILES string of the molecule is O=C(CN1C(=O)c2ccccc2C1=O)Nc1ccc2c(c1)CCN2C(=O)C1CCCC1. The molecule has 1 fully saturated rings. The molecule has 2 aliphatic heterocycles. The van der Waals surface area contributed by atoms with Crippen LogP contribution in [0.2, 0.25) is 0 Å². The Morgan fingerprint density at radius 1 is 0.968 bits per heavy atom. The maximum absolute atomic E-state index is 12.8. The highest BCUT2D eigenvalue weighted by molar-refractivity contribution is 6.22. The molecule has 0 saturated heterocycles. The van der Waals surface area contributed by atoms with E-state index in [-0.39, 0.29) is 18.4 Å².